The van der Waals surface area contributed by atoms with Crippen LogP contribution in [0, 0.1) is 11.7 Å². The first-order valence-corrected chi connectivity index (χ1v) is 8.91. The lowest BCUT2D eigenvalue weighted by Crippen LogP contribution is -2.44. The summed E-state index contributed by atoms with van der Waals surface area (Å²) in [4.78, 5) is 14.7. The van der Waals surface area contributed by atoms with E-state index in [-0.39, 0.29) is 29.3 Å². The second-order valence-electron chi connectivity index (χ2n) is 7.44. The van der Waals surface area contributed by atoms with Crippen LogP contribution in [0.15, 0.2) is 24.3 Å². The number of anilines is 1. The van der Waals surface area contributed by atoms with Crippen LogP contribution in [0.3, 0.4) is 0 Å². The number of rotatable bonds is 4. The number of nitrogens with one attached hydrogen (secondary N) is 1. The number of carbonyl (C=O) groups is 1. The van der Waals surface area contributed by atoms with Gasteiger partial charge in [0.15, 0.2) is 0 Å². The number of halogens is 1. The van der Waals surface area contributed by atoms with Crippen molar-refractivity contribution >= 4 is 11.6 Å². The normalized spacial score (nSPS) is 22.9. The molecule has 1 N–H and O–H groups in total. The molecule has 1 aromatic rings. The van der Waals surface area contributed by atoms with Crippen molar-refractivity contribution in [2.45, 2.75) is 51.2 Å². The molecule has 2 fully saturated rings. The fourth-order valence-electron chi connectivity index (χ4n) is 3.82. The Morgan fingerprint density at radius 1 is 1.33 bits per heavy atom. The van der Waals surface area contributed by atoms with Crippen molar-refractivity contribution in [2.75, 3.05) is 24.6 Å². The molecular formula is C19H27FN2O2. The predicted molar refractivity (Wildman–Crippen MR) is 92.5 cm³/mol. The van der Waals surface area contributed by atoms with Gasteiger partial charge < -0.3 is 15.0 Å². The Kier molecular flexibility index (Phi) is 5.21. The molecule has 1 aromatic carbocycles. The molecule has 0 bridgehead atoms. The maximum absolute atomic E-state index is 13.3. The maximum atomic E-state index is 13.3. The summed E-state index contributed by atoms with van der Waals surface area (Å²) in [5, 5.41) is 3.36. The second-order valence-corrected chi connectivity index (χ2v) is 7.44. The average molecular weight is 334 g/mol. The number of hydrogen-bond acceptors (Lipinski definition) is 3. The highest BCUT2D eigenvalue weighted by Crippen LogP contribution is 2.37. The van der Waals surface area contributed by atoms with Crippen LogP contribution in [0.2, 0.25) is 0 Å². The molecule has 24 heavy (non-hydrogen) atoms. The largest absolute Gasteiger partial charge is 0.373 e. The van der Waals surface area contributed by atoms with E-state index >= 15 is 0 Å². The molecule has 3 rings (SSSR count). The van der Waals surface area contributed by atoms with Gasteiger partial charge in [0.2, 0.25) is 5.91 Å². The summed E-state index contributed by atoms with van der Waals surface area (Å²) in [5.74, 6) is 0.0966. The van der Waals surface area contributed by atoms with E-state index in [0.29, 0.717) is 13.0 Å². The summed E-state index contributed by atoms with van der Waals surface area (Å²) in [6.07, 6.45) is 3.32. The molecule has 5 heteroatoms. The molecule has 1 atom stereocenters. The van der Waals surface area contributed by atoms with Gasteiger partial charge in [0, 0.05) is 12.1 Å². The highest BCUT2D eigenvalue weighted by Gasteiger charge is 2.44. The Bertz CT molecular complexity index is 567. The molecular weight excluding hydrogens is 307 g/mol. The zero-order valence-corrected chi connectivity index (χ0v) is 14.6. The van der Waals surface area contributed by atoms with Gasteiger partial charge in [-0.15, -0.1) is 0 Å². The fraction of sp³-hybridized carbons (Fsp3) is 0.632. The van der Waals surface area contributed by atoms with E-state index in [0.717, 1.165) is 38.0 Å². The third-order valence-corrected chi connectivity index (χ3v) is 5.03. The third-order valence-electron chi connectivity index (χ3n) is 5.03. The van der Waals surface area contributed by atoms with Gasteiger partial charge in [0.05, 0.1) is 18.2 Å². The van der Waals surface area contributed by atoms with Crippen molar-refractivity contribution in [1.29, 1.82) is 0 Å². The summed E-state index contributed by atoms with van der Waals surface area (Å²) in [5.41, 5.74) is 0.661. The molecule has 2 aliphatic rings. The highest BCUT2D eigenvalue weighted by molar-refractivity contribution is 5.94. The van der Waals surface area contributed by atoms with Crippen LogP contribution in [-0.4, -0.2) is 37.2 Å². The van der Waals surface area contributed by atoms with Gasteiger partial charge >= 0.3 is 0 Å². The van der Waals surface area contributed by atoms with Crippen molar-refractivity contribution in [3.8, 4) is 0 Å². The van der Waals surface area contributed by atoms with Gasteiger partial charge in [0.1, 0.15) is 5.82 Å². The van der Waals surface area contributed by atoms with Gasteiger partial charge in [-0.2, -0.15) is 0 Å². The number of benzene rings is 1. The summed E-state index contributed by atoms with van der Waals surface area (Å²) >= 11 is 0. The number of piperidine rings is 1. The van der Waals surface area contributed by atoms with Crippen molar-refractivity contribution < 1.29 is 13.9 Å². The summed E-state index contributed by atoms with van der Waals surface area (Å²) in [6.45, 7) is 6.56. The molecule has 0 aromatic heterocycles. The first kappa shape index (κ1) is 17.4. The van der Waals surface area contributed by atoms with Crippen LogP contribution in [0.1, 0.15) is 39.5 Å². The zero-order valence-electron chi connectivity index (χ0n) is 14.6. The molecule has 2 heterocycles. The Hall–Kier alpha value is -1.46. The molecule has 0 aliphatic carbocycles. The average Bonchev–Trinajstić information content (AvgIpc) is 2.92. The van der Waals surface area contributed by atoms with E-state index in [9.17, 15) is 9.18 Å². The standard InChI is InChI=1S/C19H27FN2O2/c1-14(2)11-18(23)22(16-5-3-15(20)4-6-16)17-12-19(24-13-17)7-9-21-10-8-19/h3-6,14,17,21H,7-13H2,1-2H3. The Morgan fingerprint density at radius 2 is 2.00 bits per heavy atom. The Labute approximate surface area is 143 Å². The van der Waals surface area contributed by atoms with Crippen LogP contribution >= 0.6 is 0 Å². The SMILES string of the molecule is CC(C)CC(=O)N(c1ccc(F)cc1)C1COC2(CCNCC2)C1. The van der Waals surface area contributed by atoms with E-state index < -0.39 is 0 Å². The maximum Gasteiger partial charge on any atom is 0.227 e. The molecule has 1 spiro atoms. The van der Waals surface area contributed by atoms with Gasteiger partial charge in [-0.05, 0) is 62.5 Å². The van der Waals surface area contributed by atoms with Gasteiger partial charge in [-0.25, -0.2) is 4.39 Å². The number of amides is 1. The number of hydrogen-bond donors (Lipinski definition) is 1. The van der Waals surface area contributed by atoms with Gasteiger partial charge in [-0.3, -0.25) is 4.79 Å². The lowest BCUT2D eigenvalue weighted by Gasteiger charge is -2.34. The van der Waals surface area contributed by atoms with E-state index in [4.69, 9.17) is 4.74 Å². The van der Waals surface area contributed by atoms with E-state index in [1.54, 1.807) is 12.1 Å². The Morgan fingerprint density at radius 3 is 2.62 bits per heavy atom. The smallest absolute Gasteiger partial charge is 0.227 e. The van der Waals surface area contributed by atoms with Crippen LogP contribution in [0.4, 0.5) is 10.1 Å². The molecule has 2 saturated heterocycles. The van der Waals surface area contributed by atoms with Crippen molar-refractivity contribution in [1.82, 2.24) is 5.32 Å². The van der Waals surface area contributed by atoms with Crippen LogP contribution in [-0.2, 0) is 9.53 Å². The number of nitrogens with zero attached hydrogens (tertiary/aromatic N) is 1. The lowest BCUT2D eigenvalue weighted by molar-refractivity contribution is -0.119. The van der Waals surface area contributed by atoms with Gasteiger partial charge in [0.25, 0.3) is 0 Å². The van der Waals surface area contributed by atoms with Crippen LogP contribution < -0.4 is 10.2 Å². The van der Waals surface area contributed by atoms with Crippen LogP contribution in [0.25, 0.3) is 0 Å². The second kappa shape index (κ2) is 7.19. The number of carbonyl (C=O) groups excluding carboxylic acids is 1. The number of ether oxygens (including phenoxy) is 1. The van der Waals surface area contributed by atoms with Crippen molar-refractivity contribution in [3.63, 3.8) is 0 Å². The molecule has 0 saturated carbocycles. The molecule has 1 amide bonds. The van der Waals surface area contributed by atoms with Gasteiger partial charge in [-0.1, -0.05) is 13.8 Å². The van der Waals surface area contributed by atoms with E-state index in [2.05, 4.69) is 5.32 Å². The predicted octanol–water partition coefficient (Wildman–Crippen LogP) is 3.12. The molecule has 2 aliphatic heterocycles. The first-order valence-electron chi connectivity index (χ1n) is 8.91. The minimum Gasteiger partial charge on any atom is -0.373 e. The summed E-state index contributed by atoms with van der Waals surface area (Å²) in [6, 6.07) is 6.25. The lowest BCUT2D eigenvalue weighted by atomic mass is 9.87. The minimum absolute atomic E-state index is 0.0276. The molecule has 1 unspecified atom stereocenters. The topological polar surface area (TPSA) is 41.6 Å². The monoisotopic (exact) mass is 334 g/mol. The van der Waals surface area contributed by atoms with Crippen LogP contribution in [0.5, 0.6) is 0 Å². The third kappa shape index (κ3) is 3.78. The minimum atomic E-state index is -0.285. The molecule has 0 radical (unpaired) electrons. The summed E-state index contributed by atoms with van der Waals surface area (Å²) < 4.78 is 19.5. The van der Waals surface area contributed by atoms with Crippen molar-refractivity contribution in [3.05, 3.63) is 30.1 Å². The van der Waals surface area contributed by atoms with E-state index in [1.165, 1.54) is 12.1 Å². The van der Waals surface area contributed by atoms with E-state index in [1.807, 2.05) is 18.7 Å². The highest BCUT2D eigenvalue weighted by atomic mass is 19.1. The zero-order chi connectivity index (χ0) is 17.2. The molecule has 132 valence electrons. The summed E-state index contributed by atoms with van der Waals surface area (Å²) in [7, 11) is 0. The first-order chi connectivity index (χ1) is 11.5. The quantitative estimate of drug-likeness (QED) is 0.920. The Balaban J connectivity index is 1.82. The molecule has 4 nitrogen and oxygen atoms in total. The fourth-order valence-corrected chi connectivity index (χ4v) is 3.82. The van der Waals surface area contributed by atoms with Crippen molar-refractivity contribution in [2.24, 2.45) is 5.92 Å².